The molecule has 1 aromatic heterocycles. The number of halogens is 1. The smallest absolute Gasteiger partial charge is 0.409 e. The number of fused-ring (bicyclic) bond motifs is 1. The number of hydrogen-bond acceptors (Lipinski definition) is 7. The number of nitrogens with zero attached hydrogens (tertiary/aromatic N) is 2. The van der Waals surface area contributed by atoms with E-state index in [-0.39, 0.29) is 40.0 Å². The fourth-order valence-corrected chi connectivity index (χ4v) is 5.90. The number of anilines is 2. The van der Waals surface area contributed by atoms with Crippen LogP contribution in [0.4, 0.5) is 20.6 Å². The quantitative estimate of drug-likeness (QED) is 0.427. The molecule has 4 rings (SSSR count). The standard InChI is InChI=1S/C21H19FN4O7S2/c22-14-3-6-17(7-4-14)35(31,32)26-13-16(11-24-34(29,30)18-2-1-9-23-12-18)33-20-8-5-15(10-19(20)26)25-21(27)28/h1-10,12,16,24-25H,11,13H2,(H,27,28). The van der Waals surface area contributed by atoms with Crippen LogP contribution < -0.4 is 19.1 Å². The van der Waals surface area contributed by atoms with E-state index < -0.39 is 38.1 Å². The highest BCUT2D eigenvalue weighted by Gasteiger charge is 2.35. The van der Waals surface area contributed by atoms with Gasteiger partial charge in [0.05, 0.1) is 17.1 Å². The Kier molecular flexibility index (Phi) is 6.60. The van der Waals surface area contributed by atoms with E-state index in [1.165, 1.54) is 42.7 Å². The lowest BCUT2D eigenvalue weighted by Gasteiger charge is -2.35. The number of aromatic nitrogens is 1. The van der Waals surface area contributed by atoms with Crippen molar-refractivity contribution in [3.8, 4) is 5.75 Å². The molecular weight excluding hydrogens is 503 g/mol. The summed E-state index contributed by atoms with van der Waals surface area (Å²) in [6.07, 6.45) is 0.299. The van der Waals surface area contributed by atoms with Crippen molar-refractivity contribution >= 4 is 37.5 Å². The van der Waals surface area contributed by atoms with E-state index in [1.54, 1.807) is 0 Å². The molecule has 14 heteroatoms. The molecule has 0 aliphatic carbocycles. The number of amides is 1. The largest absolute Gasteiger partial charge is 0.485 e. The van der Waals surface area contributed by atoms with Crippen LogP contribution in [0.1, 0.15) is 0 Å². The van der Waals surface area contributed by atoms with Crippen LogP contribution in [0.5, 0.6) is 5.75 Å². The Labute approximate surface area is 200 Å². The van der Waals surface area contributed by atoms with Crippen molar-refractivity contribution in [2.45, 2.75) is 15.9 Å². The van der Waals surface area contributed by atoms with Crippen LogP contribution in [0.25, 0.3) is 0 Å². The number of ether oxygens (including phenoxy) is 1. The van der Waals surface area contributed by atoms with Crippen LogP contribution in [0.15, 0.2) is 76.8 Å². The predicted molar refractivity (Wildman–Crippen MR) is 123 cm³/mol. The van der Waals surface area contributed by atoms with Gasteiger partial charge in [-0.1, -0.05) is 0 Å². The zero-order valence-corrected chi connectivity index (χ0v) is 19.5. The molecule has 35 heavy (non-hydrogen) atoms. The molecule has 0 saturated heterocycles. The number of hydrogen-bond donors (Lipinski definition) is 3. The number of nitrogens with one attached hydrogen (secondary N) is 2. The number of rotatable bonds is 7. The molecule has 1 aliphatic heterocycles. The highest BCUT2D eigenvalue weighted by atomic mass is 32.2. The molecule has 11 nitrogen and oxygen atoms in total. The maximum atomic E-state index is 13.4. The summed E-state index contributed by atoms with van der Waals surface area (Å²) in [5.74, 6) is -0.537. The van der Waals surface area contributed by atoms with Gasteiger partial charge < -0.3 is 9.84 Å². The Balaban J connectivity index is 1.67. The second-order valence-electron chi connectivity index (χ2n) is 7.38. The molecule has 2 aromatic carbocycles. The van der Waals surface area contributed by atoms with Crippen molar-refractivity contribution in [2.24, 2.45) is 0 Å². The highest BCUT2D eigenvalue weighted by molar-refractivity contribution is 7.92. The van der Waals surface area contributed by atoms with Gasteiger partial charge in [-0.05, 0) is 54.6 Å². The van der Waals surface area contributed by atoms with E-state index in [4.69, 9.17) is 9.84 Å². The number of pyridine rings is 1. The van der Waals surface area contributed by atoms with Crippen molar-refractivity contribution in [3.63, 3.8) is 0 Å². The molecule has 1 amide bonds. The van der Waals surface area contributed by atoms with Crippen LogP contribution in [-0.2, 0) is 20.0 Å². The van der Waals surface area contributed by atoms with Crippen LogP contribution >= 0.6 is 0 Å². The van der Waals surface area contributed by atoms with E-state index in [0.29, 0.717) is 0 Å². The summed E-state index contributed by atoms with van der Waals surface area (Å²) in [5, 5.41) is 11.1. The molecule has 1 aliphatic rings. The van der Waals surface area contributed by atoms with Crippen molar-refractivity contribution in [3.05, 3.63) is 72.8 Å². The van der Waals surface area contributed by atoms with Crippen LogP contribution in [-0.4, -0.2) is 52.2 Å². The van der Waals surface area contributed by atoms with Gasteiger partial charge in [0.15, 0.2) is 0 Å². The molecule has 0 saturated carbocycles. The minimum absolute atomic E-state index is 0.0342. The molecular formula is C21H19FN4O7S2. The average molecular weight is 523 g/mol. The van der Waals surface area contributed by atoms with Crippen molar-refractivity contribution in [1.29, 1.82) is 0 Å². The average Bonchev–Trinajstić information content (AvgIpc) is 2.83. The Morgan fingerprint density at radius 1 is 1.11 bits per heavy atom. The summed E-state index contributed by atoms with van der Waals surface area (Å²) >= 11 is 0. The number of benzene rings is 2. The van der Waals surface area contributed by atoms with E-state index in [9.17, 15) is 26.0 Å². The summed E-state index contributed by atoms with van der Waals surface area (Å²) < 4.78 is 74.5. The second-order valence-corrected chi connectivity index (χ2v) is 11.0. The molecule has 0 spiro atoms. The van der Waals surface area contributed by atoms with E-state index >= 15 is 0 Å². The number of carboxylic acid groups (broad SMARTS) is 1. The van der Waals surface area contributed by atoms with Gasteiger partial charge in [-0.2, -0.15) is 0 Å². The zero-order chi connectivity index (χ0) is 25.2. The van der Waals surface area contributed by atoms with Gasteiger partial charge >= 0.3 is 6.09 Å². The first-order valence-corrected chi connectivity index (χ1v) is 13.0. The molecule has 3 N–H and O–H groups in total. The van der Waals surface area contributed by atoms with Crippen molar-refractivity contribution in [1.82, 2.24) is 9.71 Å². The Hall–Kier alpha value is -3.75. The van der Waals surface area contributed by atoms with Crippen molar-refractivity contribution < 1.29 is 35.9 Å². The van der Waals surface area contributed by atoms with Gasteiger partial charge in [0.25, 0.3) is 10.0 Å². The maximum absolute atomic E-state index is 13.4. The monoisotopic (exact) mass is 522 g/mol. The van der Waals surface area contributed by atoms with E-state index in [2.05, 4.69) is 15.0 Å². The van der Waals surface area contributed by atoms with Crippen LogP contribution in [0.2, 0.25) is 0 Å². The first-order chi connectivity index (χ1) is 16.6. The van der Waals surface area contributed by atoms with Crippen molar-refractivity contribution in [2.75, 3.05) is 22.7 Å². The summed E-state index contributed by atoms with van der Waals surface area (Å²) in [6.45, 7) is -0.583. The number of sulfonamides is 2. The van der Waals surface area contributed by atoms with Gasteiger partial charge in [0.2, 0.25) is 10.0 Å². The Morgan fingerprint density at radius 2 is 1.86 bits per heavy atom. The molecule has 2 heterocycles. The third-order valence-corrected chi connectivity index (χ3v) is 8.19. The predicted octanol–water partition coefficient (Wildman–Crippen LogP) is 2.25. The van der Waals surface area contributed by atoms with E-state index in [1.807, 2.05) is 0 Å². The summed E-state index contributed by atoms with van der Waals surface area (Å²) in [7, 11) is -8.20. The van der Waals surface area contributed by atoms with Gasteiger partial charge in [0.1, 0.15) is 22.6 Å². The minimum atomic E-state index is -4.25. The Morgan fingerprint density at radius 3 is 2.51 bits per heavy atom. The fraction of sp³-hybridized carbons (Fsp3) is 0.143. The summed E-state index contributed by atoms with van der Waals surface area (Å²) in [6, 6.07) is 11.0. The third-order valence-electron chi connectivity index (χ3n) is 4.99. The fourth-order valence-electron chi connectivity index (χ4n) is 3.37. The lowest BCUT2D eigenvalue weighted by atomic mass is 10.2. The molecule has 0 bridgehead atoms. The second kappa shape index (κ2) is 9.48. The third kappa shape index (κ3) is 5.34. The lowest BCUT2D eigenvalue weighted by molar-refractivity contribution is 0.203. The Bertz CT molecular complexity index is 1450. The molecule has 1 atom stereocenters. The van der Waals surface area contributed by atoms with Gasteiger partial charge in [-0.25, -0.2) is 30.7 Å². The van der Waals surface area contributed by atoms with Gasteiger partial charge in [-0.15, -0.1) is 0 Å². The highest BCUT2D eigenvalue weighted by Crippen LogP contribution is 2.39. The zero-order valence-electron chi connectivity index (χ0n) is 17.8. The molecule has 0 radical (unpaired) electrons. The molecule has 3 aromatic rings. The molecule has 184 valence electrons. The maximum Gasteiger partial charge on any atom is 0.409 e. The molecule has 0 fully saturated rings. The summed E-state index contributed by atoms with van der Waals surface area (Å²) in [4.78, 5) is 14.5. The van der Waals surface area contributed by atoms with Crippen LogP contribution in [0, 0.1) is 5.82 Å². The minimum Gasteiger partial charge on any atom is -0.485 e. The van der Waals surface area contributed by atoms with Gasteiger partial charge in [-0.3, -0.25) is 14.6 Å². The van der Waals surface area contributed by atoms with Gasteiger partial charge in [0, 0.05) is 24.6 Å². The normalized spacial score (nSPS) is 15.7. The summed E-state index contributed by atoms with van der Waals surface area (Å²) in [5.41, 5.74) is 0.127. The molecule has 1 unspecified atom stereocenters. The first kappa shape index (κ1) is 24.4. The van der Waals surface area contributed by atoms with E-state index in [0.717, 1.165) is 28.6 Å². The van der Waals surface area contributed by atoms with Crippen LogP contribution in [0.3, 0.4) is 0 Å². The number of carbonyl (C=O) groups is 1. The topological polar surface area (TPSA) is 155 Å². The SMILES string of the molecule is O=C(O)Nc1ccc2c(c1)N(S(=O)(=O)c1ccc(F)cc1)CC(CNS(=O)(=O)c1cccnc1)O2. The first-order valence-electron chi connectivity index (χ1n) is 10.0. The lowest BCUT2D eigenvalue weighted by Crippen LogP contribution is -2.48.